The molecule has 1 aromatic heterocycles. The second-order valence-corrected chi connectivity index (χ2v) is 5.94. The van der Waals surface area contributed by atoms with E-state index in [1.54, 1.807) is 13.8 Å². The highest BCUT2D eigenvalue weighted by Crippen LogP contribution is 2.20. The number of hydrogen-bond donors (Lipinski definition) is 2. The van der Waals surface area contributed by atoms with E-state index in [9.17, 15) is 9.90 Å². The molecule has 1 amide bonds. The number of nitrogens with one attached hydrogen (secondary N) is 1. The minimum atomic E-state index is -0.889. The van der Waals surface area contributed by atoms with Gasteiger partial charge in [-0.3, -0.25) is 4.79 Å². The van der Waals surface area contributed by atoms with Gasteiger partial charge in [-0.05, 0) is 38.1 Å². The third-order valence-electron chi connectivity index (χ3n) is 2.66. The quantitative estimate of drug-likeness (QED) is 0.803. The first-order chi connectivity index (χ1) is 8.85. The van der Waals surface area contributed by atoms with Crippen LogP contribution in [0.2, 0.25) is 5.22 Å². The molecule has 0 aliphatic rings. The van der Waals surface area contributed by atoms with Crippen LogP contribution in [0, 0.1) is 6.92 Å². The predicted octanol–water partition coefficient (Wildman–Crippen LogP) is 1.80. The number of aryl methyl sites for hydroxylation is 1. The van der Waals surface area contributed by atoms with E-state index in [0.717, 1.165) is 5.56 Å². The van der Waals surface area contributed by atoms with Gasteiger partial charge in [-0.15, -0.1) is 0 Å². The summed E-state index contributed by atoms with van der Waals surface area (Å²) < 4.78 is 4.81. The van der Waals surface area contributed by atoms with Gasteiger partial charge in [0.15, 0.2) is 0 Å². The number of carbonyl (C=O) groups excluding carboxylic acids is 1. The third-order valence-corrected chi connectivity index (χ3v) is 3.87. The Hall–Kier alpha value is -0.720. The Labute approximate surface area is 122 Å². The fraction of sp³-hybridized carbons (Fsp3) is 0.667. The van der Waals surface area contributed by atoms with Gasteiger partial charge in [-0.1, -0.05) is 5.16 Å². The molecule has 108 valence electrons. The maximum absolute atomic E-state index is 11.7. The zero-order valence-corrected chi connectivity index (χ0v) is 12.9. The summed E-state index contributed by atoms with van der Waals surface area (Å²) in [5.41, 5.74) is 0.569. The Morgan fingerprint density at radius 2 is 2.32 bits per heavy atom. The van der Waals surface area contributed by atoms with Crippen molar-refractivity contribution in [1.82, 2.24) is 10.5 Å². The van der Waals surface area contributed by atoms with Gasteiger partial charge in [0.1, 0.15) is 0 Å². The predicted molar refractivity (Wildman–Crippen MR) is 76.6 cm³/mol. The lowest BCUT2D eigenvalue weighted by Gasteiger charge is -2.22. The molecule has 0 aliphatic heterocycles. The molecule has 0 saturated heterocycles. The van der Waals surface area contributed by atoms with Crippen molar-refractivity contribution < 1.29 is 14.4 Å². The summed E-state index contributed by atoms with van der Waals surface area (Å²) in [7, 11) is 0. The van der Waals surface area contributed by atoms with Gasteiger partial charge < -0.3 is 14.9 Å². The number of carbonyl (C=O) groups is 1. The molecule has 1 rings (SSSR count). The van der Waals surface area contributed by atoms with Crippen LogP contribution in [0.3, 0.4) is 0 Å². The average Bonchev–Trinajstić information content (AvgIpc) is 2.64. The Morgan fingerprint density at radius 1 is 1.63 bits per heavy atom. The topological polar surface area (TPSA) is 75.4 Å². The van der Waals surface area contributed by atoms with Gasteiger partial charge in [0.05, 0.1) is 11.3 Å². The molecule has 0 aromatic carbocycles. The first-order valence-corrected chi connectivity index (χ1v) is 7.71. The number of aliphatic hydroxyl groups is 1. The first kappa shape index (κ1) is 16.3. The van der Waals surface area contributed by atoms with Crippen molar-refractivity contribution in [1.29, 1.82) is 0 Å². The van der Waals surface area contributed by atoms with Crippen LogP contribution in [0.5, 0.6) is 0 Å². The summed E-state index contributed by atoms with van der Waals surface area (Å²) in [6.45, 7) is 3.72. The highest BCUT2D eigenvalue weighted by molar-refractivity contribution is 7.98. The largest absolute Gasteiger partial charge is 0.387 e. The second kappa shape index (κ2) is 7.17. The molecule has 0 bridgehead atoms. The molecule has 1 unspecified atom stereocenters. The van der Waals surface area contributed by atoms with Crippen molar-refractivity contribution in [3.63, 3.8) is 0 Å². The molecule has 0 radical (unpaired) electrons. The molecule has 0 saturated carbocycles. The van der Waals surface area contributed by atoms with Crippen molar-refractivity contribution in [3.05, 3.63) is 16.5 Å². The highest BCUT2D eigenvalue weighted by Gasteiger charge is 2.20. The van der Waals surface area contributed by atoms with Gasteiger partial charge in [-0.25, -0.2) is 0 Å². The highest BCUT2D eigenvalue weighted by atomic mass is 35.5. The van der Waals surface area contributed by atoms with Gasteiger partial charge in [0.25, 0.3) is 0 Å². The summed E-state index contributed by atoms with van der Waals surface area (Å²) in [6.07, 6.45) is 2.68. The summed E-state index contributed by atoms with van der Waals surface area (Å²) in [5.74, 6) is 0.446. The number of nitrogens with zero attached hydrogens (tertiary/aromatic N) is 1. The molecule has 2 N–H and O–H groups in total. The van der Waals surface area contributed by atoms with Crippen LogP contribution in [0.4, 0.5) is 0 Å². The van der Waals surface area contributed by atoms with E-state index in [4.69, 9.17) is 16.1 Å². The number of halogens is 1. The lowest BCUT2D eigenvalue weighted by molar-refractivity contribution is -0.122. The van der Waals surface area contributed by atoms with Crippen LogP contribution in [-0.2, 0) is 11.2 Å². The number of amides is 1. The van der Waals surface area contributed by atoms with Crippen LogP contribution in [0.1, 0.15) is 24.6 Å². The number of thioether (sulfide) groups is 1. The third kappa shape index (κ3) is 5.42. The van der Waals surface area contributed by atoms with Crippen molar-refractivity contribution >= 4 is 29.3 Å². The summed E-state index contributed by atoms with van der Waals surface area (Å²) in [6, 6.07) is 0. The smallest absolute Gasteiger partial charge is 0.229 e. The maximum Gasteiger partial charge on any atom is 0.229 e. The van der Waals surface area contributed by atoms with E-state index < -0.39 is 5.60 Å². The number of aromatic nitrogens is 1. The van der Waals surface area contributed by atoms with E-state index in [-0.39, 0.29) is 24.1 Å². The van der Waals surface area contributed by atoms with Gasteiger partial charge in [-0.2, -0.15) is 11.8 Å². The summed E-state index contributed by atoms with van der Waals surface area (Å²) in [5, 5.41) is 16.6. The van der Waals surface area contributed by atoms with Crippen molar-refractivity contribution in [2.45, 2.75) is 32.3 Å². The fourth-order valence-electron chi connectivity index (χ4n) is 1.62. The molecular formula is C12H19ClN2O3S. The molecule has 1 aromatic rings. The van der Waals surface area contributed by atoms with Crippen molar-refractivity contribution in [2.24, 2.45) is 0 Å². The summed E-state index contributed by atoms with van der Waals surface area (Å²) >= 11 is 7.35. The maximum atomic E-state index is 11.7. The second-order valence-electron chi connectivity index (χ2n) is 4.73. The molecule has 5 nitrogen and oxygen atoms in total. The van der Waals surface area contributed by atoms with Crippen LogP contribution >= 0.6 is 23.4 Å². The fourth-order valence-corrected chi connectivity index (χ4v) is 2.61. The minimum absolute atomic E-state index is 0.127. The minimum Gasteiger partial charge on any atom is -0.387 e. The van der Waals surface area contributed by atoms with E-state index in [1.807, 2.05) is 6.26 Å². The van der Waals surface area contributed by atoms with E-state index in [2.05, 4.69) is 10.5 Å². The first-order valence-electron chi connectivity index (χ1n) is 5.94. The molecule has 7 heteroatoms. The lowest BCUT2D eigenvalue weighted by atomic mass is 10.1. The summed E-state index contributed by atoms with van der Waals surface area (Å²) in [4.78, 5) is 11.7. The molecule has 1 heterocycles. The van der Waals surface area contributed by atoms with Crippen molar-refractivity contribution in [3.8, 4) is 0 Å². The Morgan fingerprint density at radius 3 is 2.84 bits per heavy atom. The SMILES string of the molecule is CSCC(C)(O)CNC(=O)CCc1c(C)noc1Cl. The average molecular weight is 307 g/mol. The molecule has 19 heavy (non-hydrogen) atoms. The molecule has 0 fully saturated rings. The van der Waals surface area contributed by atoms with Crippen LogP contribution < -0.4 is 5.32 Å². The monoisotopic (exact) mass is 306 g/mol. The molecule has 1 atom stereocenters. The standard InChI is InChI=1S/C12H19ClN2O3S/c1-8-9(11(13)18-15-8)4-5-10(16)14-6-12(2,17)7-19-3/h17H,4-7H2,1-3H3,(H,14,16). The Kier molecular flexibility index (Phi) is 6.16. The van der Waals surface area contributed by atoms with E-state index in [0.29, 0.717) is 17.9 Å². The normalized spacial score (nSPS) is 14.2. The molecule has 0 aliphatic carbocycles. The molecule has 0 spiro atoms. The molecular weight excluding hydrogens is 288 g/mol. The number of hydrogen-bond acceptors (Lipinski definition) is 5. The van der Waals surface area contributed by atoms with Crippen LogP contribution in [0.15, 0.2) is 4.52 Å². The van der Waals surface area contributed by atoms with E-state index in [1.165, 1.54) is 11.8 Å². The zero-order chi connectivity index (χ0) is 14.5. The van der Waals surface area contributed by atoms with E-state index >= 15 is 0 Å². The Bertz CT molecular complexity index is 415. The lowest BCUT2D eigenvalue weighted by Crippen LogP contribution is -2.42. The van der Waals surface area contributed by atoms with Crippen LogP contribution in [-0.4, -0.2) is 40.3 Å². The van der Waals surface area contributed by atoms with Crippen LogP contribution in [0.25, 0.3) is 0 Å². The number of rotatable bonds is 7. The van der Waals surface area contributed by atoms with Gasteiger partial charge in [0.2, 0.25) is 11.1 Å². The van der Waals surface area contributed by atoms with Gasteiger partial charge >= 0.3 is 0 Å². The van der Waals surface area contributed by atoms with Gasteiger partial charge in [0, 0.05) is 24.3 Å². The zero-order valence-electron chi connectivity index (χ0n) is 11.3. The Balaban J connectivity index is 2.37. The van der Waals surface area contributed by atoms with Crippen molar-refractivity contribution in [2.75, 3.05) is 18.6 Å².